The lowest BCUT2D eigenvalue weighted by molar-refractivity contribution is 0.168. The van der Waals surface area contributed by atoms with Gasteiger partial charge in [-0.2, -0.15) is 0 Å². The highest BCUT2D eigenvalue weighted by atomic mass is 32.1. The van der Waals surface area contributed by atoms with Gasteiger partial charge in [-0.05, 0) is 44.2 Å². The molecule has 2 aromatic carbocycles. The summed E-state index contributed by atoms with van der Waals surface area (Å²) in [6.07, 6.45) is 0.765. The number of nitrogens with zero attached hydrogens (tertiary/aromatic N) is 3. The van der Waals surface area contributed by atoms with Crippen LogP contribution in [0.15, 0.2) is 70.6 Å². The van der Waals surface area contributed by atoms with Crippen molar-refractivity contribution in [2.45, 2.75) is 13.8 Å². The lowest BCUT2D eigenvalue weighted by Gasteiger charge is -2.21. The molecule has 0 radical (unpaired) electrons. The summed E-state index contributed by atoms with van der Waals surface area (Å²) in [5, 5.41) is 1.64. The molecular formula is C24H23N3O3S. The normalized spacial score (nSPS) is 11.7. The van der Waals surface area contributed by atoms with Gasteiger partial charge < -0.3 is 14.1 Å². The van der Waals surface area contributed by atoms with E-state index in [0.29, 0.717) is 11.1 Å². The van der Waals surface area contributed by atoms with Crippen molar-refractivity contribution >= 4 is 44.3 Å². The molecule has 2 heterocycles. The van der Waals surface area contributed by atoms with Crippen molar-refractivity contribution in [1.29, 1.82) is 0 Å². The summed E-state index contributed by atoms with van der Waals surface area (Å²) < 4.78 is 12.2. The van der Waals surface area contributed by atoms with Gasteiger partial charge in [0.25, 0.3) is 0 Å². The number of fused-ring (bicyclic) bond motifs is 2. The van der Waals surface area contributed by atoms with Crippen LogP contribution in [0.2, 0.25) is 0 Å². The van der Waals surface area contributed by atoms with Gasteiger partial charge in [0.1, 0.15) is 17.2 Å². The Morgan fingerprint density at radius 2 is 2.03 bits per heavy atom. The van der Waals surface area contributed by atoms with E-state index in [4.69, 9.17) is 14.1 Å². The molecule has 0 bridgehead atoms. The van der Waals surface area contributed by atoms with Crippen molar-refractivity contribution in [3.05, 3.63) is 66.7 Å². The van der Waals surface area contributed by atoms with Crippen LogP contribution in [0, 0.1) is 0 Å². The Morgan fingerprint density at radius 1 is 1.23 bits per heavy atom. The Hall–Kier alpha value is -3.45. The van der Waals surface area contributed by atoms with E-state index in [2.05, 4.69) is 36.4 Å². The first-order chi connectivity index (χ1) is 15.1. The van der Waals surface area contributed by atoms with Gasteiger partial charge in [-0.15, -0.1) is 16.3 Å². The first-order valence-corrected chi connectivity index (χ1v) is 11.0. The van der Waals surface area contributed by atoms with Crippen molar-refractivity contribution in [3.8, 4) is 10.6 Å². The second-order valence-electron chi connectivity index (χ2n) is 6.82. The second kappa shape index (κ2) is 9.14. The zero-order valence-corrected chi connectivity index (χ0v) is 18.3. The van der Waals surface area contributed by atoms with Crippen molar-refractivity contribution in [2.75, 3.05) is 24.6 Å². The number of ether oxygens (including phenoxy) is 1. The Bertz CT molecular complexity index is 1290. The molecular weight excluding hydrogens is 410 g/mol. The van der Waals surface area contributed by atoms with Crippen LogP contribution in [-0.2, 0) is 4.74 Å². The maximum atomic E-state index is 12.2. The van der Waals surface area contributed by atoms with E-state index in [1.54, 1.807) is 0 Å². The first kappa shape index (κ1) is 20.8. The Labute approximate surface area is 184 Å². The van der Waals surface area contributed by atoms with E-state index in [1.807, 2.05) is 42.5 Å². The number of carbonyl (C=O) groups is 1. The van der Waals surface area contributed by atoms with E-state index >= 15 is 0 Å². The third kappa shape index (κ3) is 4.36. The predicted octanol–water partition coefficient (Wildman–Crippen LogP) is 5.78. The number of hydrogen-bond donors (Lipinski definition) is 0. The Morgan fingerprint density at radius 3 is 2.77 bits per heavy atom. The number of rotatable bonds is 6. The van der Waals surface area contributed by atoms with E-state index in [9.17, 15) is 4.79 Å². The average Bonchev–Trinajstić information content (AvgIpc) is 3.22. The smallest absolute Gasteiger partial charge is 0.437 e. The number of benzene rings is 2. The molecule has 7 heteroatoms. The molecule has 6 nitrogen and oxygen atoms in total. The maximum absolute atomic E-state index is 12.2. The van der Waals surface area contributed by atoms with Crippen molar-refractivity contribution in [3.63, 3.8) is 0 Å². The summed E-state index contributed by atoms with van der Waals surface area (Å²) in [6, 6.07) is 15.9. The highest BCUT2D eigenvalue weighted by Crippen LogP contribution is 2.30. The Kier molecular flexibility index (Phi) is 6.13. The number of thiazole rings is 1. The molecule has 0 aliphatic carbocycles. The summed E-state index contributed by atoms with van der Waals surface area (Å²) in [6.45, 7) is 9.63. The second-order valence-corrected chi connectivity index (χ2v) is 7.85. The minimum atomic E-state index is -0.731. The molecule has 4 aromatic rings. The molecule has 0 N–H and O–H groups in total. The van der Waals surface area contributed by atoms with Crippen LogP contribution < -0.4 is 10.5 Å². The topological polar surface area (TPSA) is 67.9 Å². The standard InChI is InChI=1S/C24H23N3O3S/c1-4-13-29-24(28)26-22-18(23-25-19-9-7-8-10-21(19)31-23)14-16-11-12-17(15-20(16)30-22)27(5-2)6-3/h4,7-12,14-15H,1,5-6,13H2,2-3H3. The summed E-state index contributed by atoms with van der Waals surface area (Å²) >= 11 is 1.53. The quantitative estimate of drug-likeness (QED) is 0.361. The average molecular weight is 434 g/mol. The zero-order valence-electron chi connectivity index (χ0n) is 17.5. The van der Waals surface area contributed by atoms with Gasteiger partial charge >= 0.3 is 6.09 Å². The largest absolute Gasteiger partial charge is 0.444 e. The van der Waals surface area contributed by atoms with Gasteiger partial charge in [-0.1, -0.05) is 24.8 Å². The highest BCUT2D eigenvalue weighted by Gasteiger charge is 2.14. The van der Waals surface area contributed by atoms with Crippen LogP contribution in [0.25, 0.3) is 31.8 Å². The van der Waals surface area contributed by atoms with E-state index < -0.39 is 6.09 Å². The van der Waals surface area contributed by atoms with Crippen LogP contribution in [-0.4, -0.2) is 30.8 Å². The molecule has 2 aromatic heterocycles. The van der Waals surface area contributed by atoms with Crippen molar-refractivity contribution in [1.82, 2.24) is 4.98 Å². The van der Waals surface area contributed by atoms with Crippen LogP contribution in [0.1, 0.15) is 13.8 Å². The monoisotopic (exact) mass is 433 g/mol. The fourth-order valence-corrected chi connectivity index (χ4v) is 4.33. The summed E-state index contributed by atoms with van der Waals surface area (Å²) in [4.78, 5) is 23.2. The summed E-state index contributed by atoms with van der Waals surface area (Å²) in [7, 11) is 0. The lowest BCUT2D eigenvalue weighted by Crippen LogP contribution is -2.21. The van der Waals surface area contributed by atoms with Gasteiger partial charge in [-0.25, -0.2) is 9.78 Å². The number of anilines is 1. The number of aromatic nitrogens is 1. The minimum absolute atomic E-state index is 0.0818. The Balaban J connectivity index is 1.91. The van der Waals surface area contributed by atoms with Crippen molar-refractivity contribution < 1.29 is 13.9 Å². The minimum Gasteiger partial charge on any atom is -0.444 e. The van der Waals surface area contributed by atoms with Gasteiger partial charge in [0.05, 0.1) is 15.8 Å². The third-order valence-corrected chi connectivity index (χ3v) is 5.97. The van der Waals surface area contributed by atoms with Crippen molar-refractivity contribution in [2.24, 2.45) is 4.99 Å². The summed E-state index contributed by atoms with van der Waals surface area (Å²) in [5.41, 5.74) is 3.41. The fourth-order valence-electron chi connectivity index (χ4n) is 3.36. The predicted molar refractivity (Wildman–Crippen MR) is 125 cm³/mol. The molecule has 0 saturated heterocycles. The number of carbonyl (C=O) groups excluding carboxylic acids is 1. The fraction of sp³-hybridized carbons (Fsp3) is 0.208. The zero-order chi connectivity index (χ0) is 21.8. The molecule has 4 rings (SSSR count). The molecule has 0 aliphatic rings. The maximum Gasteiger partial charge on any atom is 0.437 e. The van der Waals surface area contributed by atoms with Crippen LogP contribution in [0.3, 0.4) is 0 Å². The van der Waals surface area contributed by atoms with Gasteiger partial charge in [0.15, 0.2) is 0 Å². The van der Waals surface area contributed by atoms with E-state index in [1.165, 1.54) is 17.4 Å². The van der Waals surface area contributed by atoms with Gasteiger partial charge in [-0.3, -0.25) is 0 Å². The first-order valence-electron chi connectivity index (χ1n) is 10.1. The third-order valence-electron chi connectivity index (χ3n) is 4.90. The molecule has 0 saturated carbocycles. The molecule has 1 amide bonds. The SMILES string of the molecule is C=CCOC(=O)N=c1oc2cc(N(CC)CC)ccc2cc1-c1nc2ccccc2s1. The molecule has 0 unspecified atom stereocenters. The summed E-state index contributed by atoms with van der Waals surface area (Å²) in [5.74, 6) is 0. The van der Waals surface area contributed by atoms with Crippen LogP contribution in [0.4, 0.5) is 10.5 Å². The molecule has 158 valence electrons. The number of hydrogen-bond acceptors (Lipinski definition) is 6. The molecule has 0 spiro atoms. The molecule has 0 atom stereocenters. The molecule has 31 heavy (non-hydrogen) atoms. The van der Waals surface area contributed by atoms with Gasteiger partial charge in [0.2, 0.25) is 5.55 Å². The van der Waals surface area contributed by atoms with Crippen LogP contribution >= 0.6 is 11.3 Å². The number of amides is 1. The van der Waals surface area contributed by atoms with Crippen LogP contribution in [0.5, 0.6) is 0 Å². The number of para-hydroxylation sites is 1. The highest BCUT2D eigenvalue weighted by molar-refractivity contribution is 7.21. The van der Waals surface area contributed by atoms with E-state index in [-0.39, 0.29) is 12.2 Å². The van der Waals surface area contributed by atoms with Gasteiger partial charge in [0, 0.05) is 30.2 Å². The lowest BCUT2D eigenvalue weighted by atomic mass is 10.1. The molecule has 0 fully saturated rings. The van der Waals surface area contributed by atoms with E-state index in [0.717, 1.165) is 39.4 Å². The molecule has 0 aliphatic heterocycles.